The van der Waals surface area contributed by atoms with Crippen molar-refractivity contribution >= 4 is 23.1 Å². The van der Waals surface area contributed by atoms with Gasteiger partial charge in [0.05, 0.1) is 0 Å². The van der Waals surface area contributed by atoms with Crippen molar-refractivity contribution in [1.82, 2.24) is 15.0 Å². The molecule has 0 N–H and O–H groups in total. The van der Waals surface area contributed by atoms with Crippen LogP contribution in [0.15, 0.2) is 27.1 Å². The van der Waals surface area contributed by atoms with Crippen molar-refractivity contribution in [2.24, 2.45) is 0 Å². The summed E-state index contributed by atoms with van der Waals surface area (Å²) in [4.78, 5) is 12.3. The second-order valence-electron chi connectivity index (χ2n) is 2.68. The van der Waals surface area contributed by atoms with E-state index in [-0.39, 0.29) is 0 Å². The maximum absolute atomic E-state index is 8.82. The second kappa shape index (κ2) is 4.38. The van der Waals surface area contributed by atoms with Crippen molar-refractivity contribution in [3.05, 3.63) is 29.2 Å². The molecule has 0 unspecified atom stereocenters. The standard InChI is InChI=1S/C9H6N4S2/c1-6-5-14-9(13-6)15-8-7(4-10)11-2-3-12-8/h2-3,5H,1H3. The third-order valence-electron chi connectivity index (χ3n) is 1.55. The summed E-state index contributed by atoms with van der Waals surface area (Å²) in [5.41, 5.74) is 1.32. The Bertz CT molecular complexity index is 515. The highest BCUT2D eigenvalue weighted by Crippen LogP contribution is 2.29. The topological polar surface area (TPSA) is 62.5 Å². The second-order valence-corrected chi connectivity index (χ2v) is 4.77. The van der Waals surface area contributed by atoms with E-state index in [0.29, 0.717) is 10.7 Å². The first kappa shape index (κ1) is 10.1. The van der Waals surface area contributed by atoms with Gasteiger partial charge in [0.1, 0.15) is 11.1 Å². The van der Waals surface area contributed by atoms with Gasteiger partial charge in [-0.2, -0.15) is 5.26 Å². The van der Waals surface area contributed by atoms with Gasteiger partial charge in [-0.05, 0) is 18.7 Å². The van der Waals surface area contributed by atoms with Crippen molar-refractivity contribution in [2.75, 3.05) is 0 Å². The van der Waals surface area contributed by atoms with Crippen LogP contribution in [-0.2, 0) is 0 Å². The van der Waals surface area contributed by atoms with Gasteiger partial charge in [-0.25, -0.2) is 15.0 Å². The minimum absolute atomic E-state index is 0.343. The Morgan fingerprint density at radius 1 is 1.40 bits per heavy atom. The van der Waals surface area contributed by atoms with Gasteiger partial charge in [-0.1, -0.05) is 0 Å². The summed E-state index contributed by atoms with van der Waals surface area (Å²) < 4.78 is 0.879. The van der Waals surface area contributed by atoms with Gasteiger partial charge >= 0.3 is 0 Å². The number of nitriles is 1. The molecule has 2 rings (SSSR count). The molecule has 0 spiro atoms. The van der Waals surface area contributed by atoms with Gasteiger partial charge in [0.15, 0.2) is 10.0 Å². The van der Waals surface area contributed by atoms with Crippen molar-refractivity contribution in [1.29, 1.82) is 5.26 Å². The third-order valence-corrected chi connectivity index (χ3v) is 3.60. The SMILES string of the molecule is Cc1csc(Sc2nccnc2C#N)n1. The van der Waals surface area contributed by atoms with E-state index in [1.165, 1.54) is 29.3 Å². The molecular formula is C9H6N4S2. The number of thiazole rings is 1. The summed E-state index contributed by atoms with van der Waals surface area (Å²) in [5, 5.41) is 11.4. The molecule has 0 amide bonds. The van der Waals surface area contributed by atoms with Gasteiger partial charge in [-0.15, -0.1) is 11.3 Å². The molecule has 0 radical (unpaired) electrons. The molecule has 0 saturated carbocycles. The average molecular weight is 234 g/mol. The van der Waals surface area contributed by atoms with Crippen LogP contribution < -0.4 is 0 Å². The van der Waals surface area contributed by atoms with Gasteiger partial charge in [-0.3, -0.25) is 0 Å². The summed E-state index contributed by atoms with van der Waals surface area (Å²) in [7, 11) is 0. The molecule has 0 fully saturated rings. The number of hydrogen-bond donors (Lipinski definition) is 0. The average Bonchev–Trinajstić information content (AvgIpc) is 2.65. The van der Waals surface area contributed by atoms with Crippen LogP contribution in [0, 0.1) is 18.3 Å². The lowest BCUT2D eigenvalue weighted by atomic mass is 10.5. The Labute approximate surface area is 95.0 Å². The molecule has 2 aromatic rings. The number of aromatic nitrogens is 3. The fraction of sp³-hybridized carbons (Fsp3) is 0.111. The number of hydrogen-bond acceptors (Lipinski definition) is 6. The van der Waals surface area contributed by atoms with Crippen LogP contribution in [0.2, 0.25) is 0 Å². The Morgan fingerprint density at radius 2 is 2.20 bits per heavy atom. The predicted octanol–water partition coefficient (Wildman–Crippen LogP) is 2.26. The van der Waals surface area contributed by atoms with Gasteiger partial charge in [0.25, 0.3) is 0 Å². The molecule has 0 aliphatic rings. The molecule has 0 atom stereocenters. The number of rotatable bonds is 2. The largest absolute Gasteiger partial charge is 0.245 e. The Morgan fingerprint density at radius 3 is 2.87 bits per heavy atom. The number of aryl methyl sites for hydroxylation is 1. The van der Waals surface area contributed by atoms with E-state index in [2.05, 4.69) is 15.0 Å². The molecule has 0 aliphatic heterocycles. The first-order valence-corrected chi connectivity index (χ1v) is 5.80. The van der Waals surface area contributed by atoms with E-state index >= 15 is 0 Å². The molecule has 0 bridgehead atoms. The number of nitrogens with zero attached hydrogens (tertiary/aromatic N) is 4. The Balaban J connectivity index is 2.28. The van der Waals surface area contributed by atoms with Crippen molar-refractivity contribution in [3.8, 4) is 6.07 Å². The first-order valence-electron chi connectivity index (χ1n) is 4.10. The maximum atomic E-state index is 8.82. The molecule has 2 heterocycles. The highest BCUT2D eigenvalue weighted by atomic mass is 32.2. The molecule has 6 heteroatoms. The predicted molar refractivity (Wildman–Crippen MR) is 57.7 cm³/mol. The quantitative estimate of drug-likeness (QED) is 0.797. The minimum Gasteiger partial charge on any atom is -0.245 e. The van der Waals surface area contributed by atoms with E-state index < -0.39 is 0 Å². The van der Waals surface area contributed by atoms with Crippen LogP contribution in [0.5, 0.6) is 0 Å². The third kappa shape index (κ3) is 2.32. The first-order chi connectivity index (χ1) is 7.29. The highest BCUT2D eigenvalue weighted by Gasteiger charge is 2.08. The lowest BCUT2D eigenvalue weighted by Gasteiger charge is -1.96. The van der Waals surface area contributed by atoms with Crippen LogP contribution >= 0.6 is 23.1 Å². The molecular weight excluding hydrogens is 228 g/mol. The maximum Gasteiger partial charge on any atom is 0.173 e. The summed E-state index contributed by atoms with van der Waals surface area (Å²) in [6.45, 7) is 1.93. The molecule has 15 heavy (non-hydrogen) atoms. The van der Waals surface area contributed by atoms with Gasteiger partial charge in [0, 0.05) is 23.5 Å². The Hall–Kier alpha value is -1.45. The zero-order valence-electron chi connectivity index (χ0n) is 7.84. The molecule has 2 aromatic heterocycles. The van der Waals surface area contributed by atoms with Crippen molar-refractivity contribution in [3.63, 3.8) is 0 Å². The molecule has 0 aromatic carbocycles. The molecule has 0 aliphatic carbocycles. The van der Waals surface area contributed by atoms with E-state index in [4.69, 9.17) is 5.26 Å². The Kier molecular flexibility index (Phi) is 2.94. The van der Waals surface area contributed by atoms with E-state index in [1.807, 2.05) is 18.4 Å². The van der Waals surface area contributed by atoms with E-state index in [0.717, 1.165) is 10.0 Å². The summed E-state index contributed by atoms with van der Waals surface area (Å²) in [5.74, 6) is 0. The molecule has 4 nitrogen and oxygen atoms in total. The normalized spacial score (nSPS) is 9.87. The lowest BCUT2D eigenvalue weighted by molar-refractivity contribution is 1.02. The fourth-order valence-electron chi connectivity index (χ4n) is 0.939. The zero-order chi connectivity index (χ0) is 10.7. The van der Waals surface area contributed by atoms with Crippen LogP contribution in [0.4, 0.5) is 0 Å². The minimum atomic E-state index is 0.343. The van der Waals surface area contributed by atoms with Crippen LogP contribution in [0.25, 0.3) is 0 Å². The highest BCUT2D eigenvalue weighted by molar-refractivity contribution is 8.01. The molecule has 74 valence electrons. The summed E-state index contributed by atoms with van der Waals surface area (Å²) >= 11 is 2.91. The summed E-state index contributed by atoms with van der Waals surface area (Å²) in [6.07, 6.45) is 3.08. The van der Waals surface area contributed by atoms with E-state index in [9.17, 15) is 0 Å². The summed E-state index contributed by atoms with van der Waals surface area (Å²) in [6, 6.07) is 2.01. The smallest absolute Gasteiger partial charge is 0.173 e. The van der Waals surface area contributed by atoms with E-state index in [1.54, 1.807) is 6.20 Å². The fourth-order valence-corrected chi connectivity index (χ4v) is 2.70. The van der Waals surface area contributed by atoms with Gasteiger partial charge in [0.2, 0.25) is 0 Å². The van der Waals surface area contributed by atoms with Crippen molar-refractivity contribution in [2.45, 2.75) is 16.3 Å². The molecule has 0 saturated heterocycles. The van der Waals surface area contributed by atoms with Crippen LogP contribution in [0.1, 0.15) is 11.4 Å². The lowest BCUT2D eigenvalue weighted by Crippen LogP contribution is -1.89. The van der Waals surface area contributed by atoms with Crippen molar-refractivity contribution < 1.29 is 0 Å². The zero-order valence-corrected chi connectivity index (χ0v) is 9.47. The monoisotopic (exact) mass is 234 g/mol. The van der Waals surface area contributed by atoms with Gasteiger partial charge < -0.3 is 0 Å². The van der Waals surface area contributed by atoms with Crippen LogP contribution in [-0.4, -0.2) is 15.0 Å². The van der Waals surface area contributed by atoms with Crippen LogP contribution in [0.3, 0.4) is 0 Å².